The maximum Gasteiger partial charge on any atom is 0.154 e. The van der Waals surface area contributed by atoms with Crippen molar-refractivity contribution >= 4 is 11.3 Å². The van der Waals surface area contributed by atoms with Crippen molar-refractivity contribution in [3.8, 4) is 0 Å². The van der Waals surface area contributed by atoms with Crippen LogP contribution in [0.5, 0.6) is 0 Å². The predicted octanol–water partition coefficient (Wildman–Crippen LogP) is 1.60. The van der Waals surface area contributed by atoms with E-state index in [0.717, 1.165) is 30.1 Å². The molecule has 0 aliphatic carbocycles. The van der Waals surface area contributed by atoms with Crippen molar-refractivity contribution in [3.05, 3.63) is 24.2 Å². The Hall–Kier alpha value is -1.62. The first kappa shape index (κ1) is 12.4. The molecule has 2 unspecified atom stereocenters. The van der Waals surface area contributed by atoms with Crippen molar-refractivity contribution in [1.29, 1.82) is 0 Å². The van der Waals surface area contributed by atoms with E-state index >= 15 is 0 Å². The van der Waals surface area contributed by atoms with E-state index in [9.17, 15) is 0 Å². The molecule has 2 atom stereocenters. The number of nitrogens with two attached hydrogens (primary N) is 1. The van der Waals surface area contributed by atoms with Crippen LogP contribution < -0.4 is 10.6 Å². The van der Waals surface area contributed by atoms with Crippen molar-refractivity contribution in [2.45, 2.75) is 32.7 Å². The molecule has 0 amide bonds. The molecule has 5 heteroatoms. The zero-order valence-corrected chi connectivity index (χ0v) is 11.6. The summed E-state index contributed by atoms with van der Waals surface area (Å²) in [6.07, 6.45) is 6.13. The highest BCUT2D eigenvalue weighted by molar-refractivity contribution is 5.69. The topological polar surface area (TPSA) is 59.5 Å². The third-order valence-corrected chi connectivity index (χ3v) is 3.99. The molecule has 5 nitrogen and oxygen atoms in total. The Morgan fingerprint density at radius 1 is 1.47 bits per heavy atom. The predicted molar refractivity (Wildman–Crippen MR) is 76.3 cm³/mol. The molecule has 2 aromatic rings. The van der Waals surface area contributed by atoms with Gasteiger partial charge in [-0.15, -0.1) is 0 Å². The molecule has 2 aromatic heterocycles. The maximum atomic E-state index is 6.06. The van der Waals surface area contributed by atoms with Crippen molar-refractivity contribution in [1.82, 2.24) is 14.6 Å². The average Bonchev–Trinajstić information content (AvgIpc) is 2.78. The Balaban J connectivity index is 1.95. The van der Waals surface area contributed by atoms with Crippen LogP contribution in [0, 0.1) is 12.8 Å². The molecule has 0 bridgehead atoms. The molecule has 102 valence electrons. The molecule has 3 rings (SSSR count). The van der Waals surface area contributed by atoms with Crippen LogP contribution in [0.4, 0.5) is 5.82 Å². The third kappa shape index (κ3) is 2.30. The summed E-state index contributed by atoms with van der Waals surface area (Å²) >= 11 is 0. The fraction of sp³-hybridized carbons (Fsp3) is 0.571. The fourth-order valence-corrected chi connectivity index (χ4v) is 2.91. The molecular formula is C14H21N5. The van der Waals surface area contributed by atoms with Crippen LogP contribution in [0.15, 0.2) is 18.5 Å². The number of nitrogens with zero attached hydrogens (tertiary/aromatic N) is 4. The summed E-state index contributed by atoms with van der Waals surface area (Å²) in [6, 6.07) is 2.34. The summed E-state index contributed by atoms with van der Waals surface area (Å²) in [6.45, 7) is 6.16. The van der Waals surface area contributed by atoms with Gasteiger partial charge >= 0.3 is 0 Å². The van der Waals surface area contributed by atoms with Crippen molar-refractivity contribution in [2.24, 2.45) is 11.7 Å². The summed E-state index contributed by atoms with van der Waals surface area (Å²) in [5, 5.41) is 4.45. The zero-order chi connectivity index (χ0) is 13.4. The van der Waals surface area contributed by atoms with Crippen LogP contribution in [-0.4, -0.2) is 33.7 Å². The number of aromatic nitrogens is 3. The van der Waals surface area contributed by atoms with Gasteiger partial charge in [-0.2, -0.15) is 5.10 Å². The normalized spacial score (nSPS) is 21.8. The van der Waals surface area contributed by atoms with Gasteiger partial charge in [0.1, 0.15) is 5.52 Å². The van der Waals surface area contributed by atoms with E-state index in [1.165, 1.54) is 12.8 Å². The summed E-state index contributed by atoms with van der Waals surface area (Å²) in [7, 11) is 0. The van der Waals surface area contributed by atoms with Crippen LogP contribution >= 0.6 is 0 Å². The van der Waals surface area contributed by atoms with Gasteiger partial charge in [0, 0.05) is 31.5 Å². The highest BCUT2D eigenvalue weighted by atomic mass is 15.3. The average molecular weight is 259 g/mol. The Kier molecular flexibility index (Phi) is 3.14. The molecule has 1 fully saturated rings. The Morgan fingerprint density at radius 2 is 2.32 bits per heavy atom. The van der Waals surface area contributed by atoms with E-state index in [4.69, 9.17) is 5.73 Å². The van der Waals surface area contributed by atoms with Crippen LogP contribution in [-0.2, 0) is 0 Å². The number of anilines is 1. The van der Waals surface area contributed by atoms with Gasteiger partial charge in [-0.05, 0) is 38.7 Å². The van der Waals surface area contributed by atoms with Gasteiger partial charge in [0.15, 0.2) is 5.82 Å². The molecule has 19 heavy (non-hydrogen) atoms. The van der Waals surface area contributed by atoms with E-state index in [0.29, 0.717) is 5.92 Å². The Labute approximate surface area is 113 Å². The minimum absolute atomic E-state index is 0.245. The molecule has 1 aliphatic rings. The number of hydrogen-bond acceptors (Lipinski definition) is 4. The van der Waals surface area contributed by atoms with Gasteiger partial charge in [0.25, 0.3) is 0 Å². The second-order valence-corrected chi connectivity index (χ2v) is 5.57. The molecule has 1 aliphatic heterocycles. The zero-order valence-electron chi connectivity index (χ0n) is 11.6. The van der Waals surface area contributed by atoms with E-state index in [-0.39, 0.29) is 6.04 Å². The highest BCUT2D eigenvalue weighted by Gasteiger charge is 2.24. The lowest BCUT2D eigenvalue weighted by Gasteiger charge is -2.35. The number of fused-ring (bicyclic) bond motifs is 1. The van der Waals surface area contributed by atoms with Gasteiger partial charge in [-0.3, -0.25) is 0 Å². The fourth-order valence-electron chi connectivity index (χ4n) is 2.91. The minimum Gasteiger partial charge on any atom is -0.354 e. The van der Waals surface area contributed by atoms with E-state index in [2.05, 4.69) is 28.0 Å². The van der Waals surface area contributed by atoms with Crippen LogP contribution in [0.1, 0.15) is 25.5 Å². The SMILES string of the molecule is Cc1cc2c(N3CCCC(C(C)N)C3)nccn2n1. The second kappa shape index (κ2) is 4.81. The van der Waals surface area contributed by atoms with Gasteiger partial charge in [0.2, 0.25) is 0 Å². The summed E-state index contributed by atoms with van der Waals surface area (Å²) < 4.78 is 1.91. The van der Waals surface area contributed by atoms with Crippen molar-refractivity contribution < 1.29 is 0 Å². The standard InChI is InChI=1S/C14H21N5/c1-10-8-13-14(16-5-7-19(13)17-10)18-6-3-4-12(9-18)11(2)15/h5,7-8,11-12H,3-4,6,9,15H2,1-2H3. The molecule has 0 aromatic carbocycles. The summed E-state index contributed by atoms with van der Waals surface area (Å²) in [5.74, 6) is 1.59. The maximum absolute atomic E-state index is 6.06. The lowest BCUT2D eigenvalue weighted by molar-refractivity contribution is 0.363. The van der Waals surface area contributed by atoms with Crippen LogP contribution in [0.2, 0.25) is 0 Å². The van der Waals surface area contributed by atoms with Gasteiger partial charge in [-0.25, -0.2) is 9.50 Å². The third-order valence-electron chi connectivity index (χ3n) is 3.99. The summed E-state index contributed by atoms with van der Waals surface area (Å²) in [4.78, 5) is 6.92. The first-order valence-electron chi connectivity index (χ1n) is 6.96. The van der Waals surface area contributed by atoms with Crippen molar-refractivity contribution in [2.75, 3.05) is 18.0 Å². The van der Waals surface area contributed by atoms with Gasteiger partial charge in [0.05, 0.1) is 5.69 Å². The van der Waals surface area contributed by atoms with Gasteiger partial charge in [-0.1, -0.05) is 0 Å². The summed E-state index contributed by atoms with van der Waals surface area (Å²) in [5.41, 5.74) is 8.17. The number of aryl methyl sites for hydroxylation is 1. The first-order valence-corrected chi connectivity index (χ1v) is 6.96. The lowest BCUT2D eigenvalue weighted by atomic mass is 9.92. The monoisotopic (exact) mass is 259 g/mol. The molecule has 1 saturated heterocycles. The smallest absolute Gasteiger partial charge is 0.154 e. The largest absolute Gasteiger partial charge is 0.354 e. The molecule has 0 spiro atoms. The Morgan fingerprint density at radius 3 is 3.11 bits per heavy atom. The van der Waals surface area contributed by atoms with Crippen LogP contribution in [0.25, 0.3) is 5.52 Å². The second-order valence-electron chi connectivity index (χ2n) is 5.57. The van der Waals surface area contributed by atoms with E-state index in [1.54, 1.807) is 0 Å². The van der Waals surface area contributed by atoms with Crippen molar-refractivity contribution in [3.63, 3.8) is 0 Å². The number of rotatable bonds is 2. The molecule has 2 N–H and O–H groups in total. The lowest BCUT2D eigenvalue weighted by Crippen LogP contribution is -2.42. The van der Waals surface area contributed by atoms with E-state index in [1.807, 2.05) is 23.8 Å². The number of hydrogen-bond donors (Lipinski definition) is 1. The first-order chi connectivity index (χ1) is 9.15. The molecular weight excluding hydrogens is 238 g/mol. The van der Waals surface area contributed by atoms with Crippen LogP contribution in [0.3, 0.4) is 0 Å². The molecule has 0 radical (unpaired) electrons. The highest BCUT2D eigenvalue weighted by Crippen LogP contribution is 2.26. The quantitative estimate of drug-likeness (QED) is 0.890. The number of piperidine rings is 1. The molecule has 3 heterocycles. The van der Waals surface area contributed by atoms with E-state index < -0.39 is 0 Å². The Bertz CT molecular complexity index is 574. The minimum atomic E-state index is 0.245. The van der Waals surface area contributed by atoms with Gasteiger partial charge < -0.3 is 10.6 Å². The molecule has 0 saturated carbocycles.